The molecule has 7 heteroatoms. The molecule has 0 aliphatic carbocycles. The van der Waals surface area contributed by atoms with E-state index in [9.17, 15) is 13.6 Å². The molecule has 0 radical (unpaired) electrons. The van der Waals surface area contributed by atoms with Crippen LogP contribution in [0.4, 0.5) is 20.4 Å². The summed E-state index contributed by atoms with van der Waals surface area (Å²) in [4.78, 5) is 20.4. The van der Waals surface area contributed by atoms with Gasteiger partial charge < -0.3 is 10.6 Å². The summed E-state index contributed by atoms with van der Waals surface area (Å²) in [7, 11) is 0. The number of hydrogen-bond acceptors (Lipinski definition) is 4. The van der Waals surface area contributed by atoms with E-state index in [1.165, 1.54) is 48.7 Å². The van der Waals surface area contributed by atoms with Crippen molar-refractivity contribution in [3.8, 4) is 0 Å². The molecule has 0 saturated carbocycles. The Labute approximate surface area is 142 Å². The fraction of sp³-hybridized carbons (Fsp3) is 0.0556. The van der Waals surface area contributed by atoms with Crippen LogP contribution in [0.15, 0.2) is 60.8 Å². The molecule has 2 N–H and O–H groups in total. The molecule has 0 aliphatic heterocycles. The van der Waals surface area contributed by atoms with Gasteiger partial charge in [0.1, 0.15) is 17.3 Å². The Balaban J connectivity index is 1.64. The van der Waals surface area contributed by atoms with E-state index in [-0.39, 0.29) is 23.3 Å². The highest BCUT2D eigenvalue weighted by atomic mass is 19.1. The molecule has 0 spiro atoms. The predicted molar refractivity (Wildman–Crippen MR) is 90.1 cm³/mol. The van der Waals surface area contributed by atoms with Crippen LogP contribution in [-0.4, -0.2) is 15.9 Å². The molecule has 0 atom stereocenters. The number of benzene rings is 2. The molecule has 3 rings (SSSR count). The van der Waals surface area contributed by atoms with Crippen molar-refractivity contribution in [1.29, 1.82) is 0 Å². The highest BCUT2D eigenvalue weighted by Gasteiger charge is 2.09. The van der Waals surface area contributed by atoms with Gasteiger partial charge >= 0.3 is 0 Å². The minimum atomic E-state index is -0.432. The van der Waals surface area contributed by atoms with Crippen LogP contribution < -0.4 is 10.6 Å². The van der Waals surface area contributed by atoms with Crippen LogP contribution in [-0.2, 0) is 6.54 Å². The monoisotopic (exact) mass is 340 g/mol. The lowest BCUT2D eigenvalue weighted by Gasteiger charge is -2.07. The second kappa shape index (κ2) is 7.48. The minimum Gasteiger partial charge on any atom is -0.350 e. The molecule has 3 aromatic rings. The average Bonchev–Trinajstić information content (AvgIpc) is 2.63. The number of rotatable bonds is 5. The molecule has 25 heavy (non-hydrogen) atoms. The molecule has 1 amide bonds. The molecule has 5 nitrogen and oxygen atoms in total. The number of hydrogen-bond donors (Lipinski definition) is 2. The number of anilines is 2. The lowest BCUT2D eigenvalue weighted by molar-refractivity contribution is 0.102. The Morgan fingerprint density at radius 1 is 0.920 bits per heavy atom. The van der Waals surface area contributed by atoms with E-state index in [1.54, 1.807) is 12.1 Å². The third-order valence-electron chi connectivity index (χ3n) is 3.35. The van der Waals surface area contributed by atoms with E-state index < -0.39 is 5.91 Å². The molecule has 0 saturated heterocycles. The van der Waals surface area contributed by atoms with E-state index in [2.05, 4.69) is 20.6 Å². The first-order valence-corrected chi connectivity index (χ1v) is 7.48. The minimum absolute atomic E-state index is 0.168. The summed E-state index contributed by atoms with van der Waals surface area (Å²) in [5.74, 6) is -0.846. The normalized spacial score (nSPS) is 10.3. The van der Waals surface area contributed by atoms with Crippen molar-refractivity contribution >= 4 is 17.5 Å². The van der Waals surface area contributed by atoms with Gasteiger partial charge in [0.15, 0.2) is 0 Å². The standard InChI is InChI=1S/C18H14F2N4O/c19-13-3-1-12(2-4-13)11-22-18-21-10-9-16(24-18)17(25)23-15-7-5-14(20)6-8-15/h1-10H,11H2,(H,23,25)(H,21,22,24). The maximum atomic E-state index is 12.9. The smallest absolute Gasteiger partial charge is 0.274 e. The first-order chi connectivity index (χ1) is 12.1. The SMILES string of the molecule is O=C(Nc1ccc(F)cc1)c1ccnc(NCc2ccc(F)cc2)n1. The first kappa shape index (κ1) is 16.5. The highest BCUT2D eigenvalue weighted by Crippen LogP contribution is 2.11. The van der Waals surface area contributed by atoms with Crippen molar-refractivity contribution < 1.29 is 13.6 Å². The number of nitrogens with zero attached hydrogens (tertiary/aromatic N) is 2. The second-order valence-corrected chi connectivity index (χ2v) is 5.21. The molecule has 0 fully saturated rings. The fourth-order valence-corrected chi connectivity index (χ4v) is 2.08. The predicted octanol–water partition coefficient (Wildman–Crippen LogP) is 3.62. The van der Waals surface area contributed by atoms with Crippen LogP contribution in [0.1, 0.15) is 16.1 Å². The van der Waals surface area contributed by atoms with Gasteiger partial charge in [0, 0.05) is 18.4 Å². The van der Waals surface area contributed by atoms with Crippen molar-refractivity contribution in [2.45, 2.75) is 6.54 Å². The molecule has 126 valence electrons. The zero-order valence-electron chi connectivity index (χ0n) is 13.0. The van der Waals surface area contributed by atoms with Gasteiger partial charge in [-0.2, -0.15) is 0 Å². The van der Waals surface area contributed by atoms with Crippen LogP contribution in [0.3, 0.4) is 0 Å². The van der Waals surface area contributed by atoms with Crippen LogP contribution in [0.5, 0.6) is 0 Å². The third-order valence-corrected chi connectivity index (χ3v) is 3.35. The van der Waals surface area contributed by atoms with Gasteiger partial charge in [-0.05, 0) is 48.0 Å². The Bertz CT molecular complexity index is 867. The number of nitrogens with one attached hydrogen (secondary N) is 2. The average molecular weight is 340 g/mol. The zero-order chi connectivity index (χ0) is 17.6. The summed E-state index contributed by atoms with van der Waals surface area (Å²) < 4.78 is 25.8. The Kier molecular flexibility index (Phi) is 4.94. The Morgan fingerprint density at radius 3 is 2.24 bits per heavy atom. The summed E-state index contributed by atoms with van der Waals surface area (Å²) in [6, 6.07) is 12.9. The van der Waals surface area contributed by atoms with Crippen LogP contribution >= 0.6 is 0 Å². The van der Waals surface area contributed by atoms with Crippen LogP contribution in [0.25, 0.3) is 0 Å². The number of halogens is 2. The van der Waals surface area contributed by atoms with Crippen molar-refractivity contribution in [2.75, 3.05) is 10.6 Å². The van der Waals surface area contributed by atoms with E-state index in [1.807, 2.05) is 0 Å². The van der Waals surface area contributed by atoms with Gasteiger partial charge in [-0.25, -0.2) is 18.7 Å². The largest absolute Gasteiger partial charge is 0.350 e. The maximum Gasteiger partial charge on any atom is 0.274 e. The molecule has 0 bridgehead atoms. The second-order valence-electron chi connectivity index (χ2n) is 5.21. The number of amides is 1. The maximum absolute atomic E-state index is 12.9. The Hall–Kier alpha value is -3.35. The zero-order valence-corrected chi connectivity index (χ0v) is 13.0. The highest BCUT2D eigenvalue weighted by molar-refractivity contribution is 6.02. The van der Waals surface area contributed by atoms with Crippen molar-refractivity contribution in [1.82, 2.24) is 9.97 Å². The van der Waals surface area contributed by atoms with E-state index in [4.69, 9.17) is 0 Å². The van der Waals surface area contributed by atoms with Crippen molar-refractivity contribution in [3.63, 3.8) is 0 Å². The van der Waals surface area contributed by atoms with Gasteiger partial charge in [0.2, 0.25) is 5.95 Å². The van der Waals surface area contributed by atoms with Gasteiger partial charge in [-0.15, -0.1) is 0 Å². The molecular formula is C18H14F2N4O. The van der Waals surface area contributed by atoms with E-state index >= 15 is 0 Å². The summed E-state index contributed by atoms with van der Waals surface area (Å²) in [6.07, 6.45) is 1.46. The third kappa shape index (κ3) is 4.57. The van der Waals surface area contributed by atoms with Gasteiger partial charge in [0.25, 0.3) is 5.91 Å². The summed E-state index contributed by atoms with van der Waals surface area (Å²) in [5, 5.41) is 5.60. The van der Waals surface area contributed by atoms with Crippen LogP contribution in [0, 0.1) is 11.6 Å². The summed E-state index contributed by atoms with van der Waals surface area (Å²) in [5.41, 5.74) is 1.48. The van der Waals surface area contributed by atoms with Gasteiger partial charge in [0.05, 0.1) is 0 Å². The van der Waals surface area contributed by atoms with Gasteiger partial charge in [-0.3, -0.25) is 4.79 Å². The van der Waals surface area contributed by atoms with E-state index in [0.717, 1.165) is 5.56 Å². The number of aromatic nitrogens is 2. The van der Waals surface area contributed by atoms with Gasteiger partial charge in [-0.1, -0.05) is 12.1 Å². The lowest BCUT2D eigenvalue weighted by atomic mass is 10.2. The molecule has 1 aromatic heterocycles. The number of carbonyl (C=O) groups is 1. The summed E-state index contributed by atoms with van der Waals surface area (Å²) in [6.45, 7) is 0.392. The van der Waals surface area contributed by atoms with Crippen molar-refractivity contribution in [2.24, 2.45) is 0 Å². The Morgan fingerprint density at radius 2 is 1.56 bits per heavy atom. The number of carbonyl (C=O) groups excluding carboxylic acids is 1. The lowest BCUT2D eigenvalue weighted by Crippen LogP contribution is -2.15. The molecule has 1 heterocycles. The molecule has 0 aliphatic rings. The topological polar surface area (TPSA) is 66.9 Å². The van der Waals surface area contributed by atoms with Crippen LogP contribution in [0.2, 0.25) is 0 Å². The molecule has 2 aromatic carbocycles. The summed E-state index contributed by atoms with van der Waals surface area (Å²) >= 11 is 0. The quantitative estimate of drug-likeness (QED) is 0.744. The first-order valence-electron chi connectivity index (χ1n) is 7.48. The van der Waals surface area contributed by atoms with Crippen molar-refractivity contribution in [3.05, 3.63) is 83.7 Å². The van der Waals surface area contributed by atoms with E-state index in [0.29, 0.717) is 12.2 Å². The molecule has 0 unspecified atom stereocenters. The molecular weight excluding hydrogens is 326 g/mol. The fourth-order valence-electron chi connectivity index (χ4n) is 2.08.